The van der Waals surface area contributed by atoms with Crippen molar-refractivity contribution in [2.75, 3.05) is 24.3 Å². The summed E-state index contributed by atoms with van der Waals surface area (Å²) in [4.78, 5) is 21.8. The molecule has 0 aliphatic carbocycles. The van der Waals surface area contributed by atoms with Crippen LogP contribution in [0.25, 0.3) is 21.3 Å². The zero-order valence-electron chi connectivity index (χ0n) is 12.6. The molecule has 0 unspecified atom stereocenters. The molecule has 3 rings (SSSR count). The number of benzene rings is 1. The first kappa shape index (κ1) is 14.5. The van der Waals surface area contributed by atoms with Crippen LogP contribution < -0.4 is 10.2 Å². The van der Waals surface area contributed by atoms with Gasteiger partial charge in [0.25, 0.3) is 0 Å². The van der Waals surface area contributed by atoms with E-state index in [0.29, 0.717) is 5.13 Å². The monoisotopic (exact) mass is 312 g/mol. The number of pyridine rings is 1. The molecule has 1 N–H and O–H groups in total. The first-order chi connectivity index (χ1) is 10.5. The Morgan fingerprint density at radius 3 is 2.73 bits per heavy atom. The summed E-state index contributed by atoms with van der Waals surface area (Å²) in [6.07, 6.45) is 3.69. The van der Waals surface area contributed by atoms with Crippen molar-refractivity contribution in [1.82, 2.24) is 9.97 Å². The van der Waals surface area contributed by atoms with Crippen molar-refractivity contribution < 1.29 is 4.79 Å². The van der Waals surface area contributed by atoms with Crippen LogP contribution in [0, 0.1) is 0 Å². The van der Waals surface area contributed by atoms with Gasteiger partial charge in [0.05, 0.1) is 22.1 Å². The Morgan fingerprint density at radius 2 is 2.00 bits per heavy atom. The van der Waals surface area contributed by atoms with Crippen LogP contribution in [0.4, 0.5) is 10.8 Å². The lowest BCUT2D eigenvalue weighted by atomic mass is 10.1. The third kappa shape index (κ3) is 2.92. The highest BCUT2D eigenvalue weighted by Gasteiger charge is 2.08. The average Bonchev–Trinajstić information content (AvgIpc) is 2.87. The van der Waals surface area contributed by atoms with Crippen molar-refractivity contribution in [2.24, 2.45) is 0 Å². The largest absolute Gasteiger partial charge is 0.376 e. The predicted octanol–water partition coefficient (Wildman–Crippen LogP) is 3.38. The van der Waals surface area contributed by atoms with Crippen molar-refractivity contribution >= 4 is 38.3 Å². The van der Waals surface area contributed by atoms with E-state index in [1.54, 1.807) is 0 Å². The van der Waals surface area contributed by atoms with Crippen LogP contribution in [0.2, 0.25) is 0 Å². The van der Waals surface area contributed by atoms with Gasteiger partial charge >= 0.3 is 0 Å². The van der Waals surface area contributed by atoms with Gasteiger partial charge in [-0.2, -0.15) is 0 Å². The van der Waals surface area contributed by atoms with Gasteiger partial charge in [-0.05, 0) is 23.8 Å². The number of hydrogen-bond donors (Lipinski definition) is 1. The zero-order valence-corrected chi connectivity index (χ0v) is 13.4. The summed E-state index contributed by atoms with van der Waals surface area (Å²) in [5.41, 5.74) is 4.08. The van der Waals surface area contributed by atoms with Crippen LogP contribution in [0.5, 0.6) is 0 Å². The van der Waals surface area contributed by atoms with Crippen LogP contribution in [0.1, 0.15) is 6.92 Å². The summed E-state index contributed by atoms with van der Waals surface area (Å²) in [6.45, 7) is 1.48. The molecule has 0 saturated carbocycles. The molecule has 0 fully saturated rings. The van der Waals surface area contributed by atoms with Gasteiger partial charge in [-0.3, -0.25) is 9.78 Å². The summed E-state index contributed by atoms with van der Waals surface area (Å²) in [7, 11) is 3.99. The molecule has 2 aromatic heterocycles. The van der Waals surface area contributed by atoms with Crippen molar-refractivity contribution in [3.05, 3.63) is 36.7 Å². The maximum Gasteiger partial charge on any atom is 0.223 e. The fourth-order valence-electron chi connectivity index (χ4n) is 2.14. The molecule has 1 aromatic carbocycles. The second-order valence-corrected chi connectivity index (χ2v) is 6.24. The summed E-state index contributed by atoms with van der Waals surface area (Å²) < 4.78 is 1.04. The molecular formula is C16H16N4OS. The van der Waals surface area contributed by atoms with Gasteiger partial charge in [0, 0.05) is 32.8 Å². The molecule has 2 heterocycles. The minimum atomic E-state index is -0.109. The Hall–Kier alpha value is -2.47. The molecule has 0 aliphatic rings. The van der Waals surface area contributed by atoms with E-state index >= 15 is 0 Å². The maximum atomic E-state index is 11.1. The number of carbonyl (C=O) groups is 1. The van der Waals surface area contributed by atoms with Crippen molar-refractivity contribution in [3.8, 4) is 11.1 Å². The standard InChI is InChI=1S/C16H16N4OS/c1-10(21)18-16-19-14-5-4-11(7-15(14)22-16)12-6-13(20(2)3)9-17-8-12/h4-9H,1-3H3,(H,18,19,21). The Kier molecular flexibility index (Phi) is 3.77. The number of nitrogens with zero attached hydrogens (tertiary/aromatic N) is 3. The molecule has 0 radical (unpaired) electrons. The molecule has 6 heteroatoms. The van der Waals surface area contributed by atoms with Crippen molar-refractivity contribution in [2.45, 2.75) is 6.92 Å². The second-order valence-electron chi connectivity index (χ2n) is 5.21. The molecule has 112 valence electrons. The van der Waals surface area contributed by atoms with E-state index in [1.165, 1.54) is 18.3 Å². The molecule has 0 bridgehead atoms. The maximum absolute atomic E-state index is 11.1. The second kappa shape index (κ2) is 5.73. The molecular weight excluding hydrogens is 296 g/mol. The number of amides is 1. The third-order valence-electron chi connectivity index (χ3n) is 3.24. The van der Waals surface area contributed by atoms with Crippen LogP contribution in [0.3, 0.4) is 0 Å². The van der Waals surface area contributed by atoms with E-state index < -0.39 is 0 Å². The lowest BCUT2D eigenvalue weighted by Gasteiger charge is -2.12. The zero-order chi connectivity index (χ0) is 15.7. The number of hydrogen-bond acceptors (Lipinski definition) is 5. The smallest absolute Gasteiger partial charge is 0.223 e. The third-order valence-corrected chi connectivity index (χ3v) is 4.18. The fraction of sp³-hybridized carbons (Fsp3) is 0.188. The summed E-state index contributed by atoms with van der Waals surface area (Å²) in [6, 6.07) is 8.17. The molecule has 5 nitrogen and oxygen atoms in total. The van der Waals surface area contributed by atoms with Crippen LogP contribution >= 0.6 is 11.3 Å². The number of anilines is 2. The SMILES string of the molecule is CC(=O)Nc1nc2ccc(-c3cncc(N(C)C)c3)cc2s1. The van der Waals surface area contributed by atoms with Gasteiger partial charge in [-0.15, -0.1) is 0 Å². The number of nitrogens with one attached hydrogen (secondary N) is 1. The highest BCUT2D eigenvalue weighted by atomic mass is 32.1. The van der Waals surface area contributed by atoms with Crippen molar-refractivity contribution in [3.63, 3.8) is 0 Å². The molecule has 22 heavy (non-hydrogen) atoms. The first-order valence-electron chi connectivity index (χ1n) is 6.84. The van der Waals surface area contributed by atoms with E-state index in [-0.39, 0.29) is 5.91 Å². The Balaban J connectivity index is 2.01. The van der Waals surface area contributed by atoms with Gasteiger partial charge < -0.3 is 10.2 Å². The lowest BCUT2D eigenvalue weighted by Crippen LogP contribution is -2.08. The highest BCUT2D eigenvalue weighted by molar-refractivity contribution is 7.22. The molecule has 0 saturated heterocycles. The van der Waals surface area contributed by atoms with Crippen molar-refractivity contribution in [1.29, 1.82) is 0 Å². The Bertz CT molecular complexity index is 841. The van der Waals surface area contributed by atoms with E-state index in [0.717, 1.165) is 27.0 Å². The van der Waals surface area contributed by atoms with E-state index in [4.69, 9.17) is 0 Å². The molecule has 0 aliphatic heterocycles. The first-order valence-corrected chi connectivity index (χ1v) is 7.65. The van der Waals surface area contributed by atoms with E-state index in [9.17, 15) is 4.79 Å². The molecule has 0 atom stereocenters. The van der Waals surface area contributed by atoms with E-state index in [1.807, 2.05) is 43.5 Å². The van der Waals surface area contributed by atoms with Crippen LogP contribution in [-0.2, 0) is 4.79 Å². The fourth-order valence-corrected chi connectivity index (χ4v) is 3.09. The molecule has 1 amide bonds. The molecule has 3 aromatic rings. The normalized spacial score (nSPS) is 10.7. The van der Waals surface area contributed by atoms with Gasteiger partial charge in [-0.1, -0.05) is 17.4 Å². The minimum absolute atomic E-state index is 0.109. The quantitative estimate of drug-likeness (QED) is 0.805. The van der Waals surface area contributed by atoms with Gasteiger partial charge in [0.1, 0.15) is 0 Å². The van der Waals surface area contributed by atoms with Gasteiger partial charge in [0.2, 0.25) is 5.91 Å². The Labute approximate surface area is 132 Å². The summed E-state index contributed by atoms with van der Waals surface area (Å²) in [5, 5.41) is 3.35. The predicted molar refractivity (Wildman–Crippen MR) is 91.5 cm³/mol. The number of carbonyl (C=O) groups excluding carboxylic acids is 1. The van der Waals surface area contributed by atoms with E-state index in [2.05, 4.69) is 27.4 Å². The minimum Gasteiger partial charge on any atom is -0.376 e. The number of aromatic nitrogens is 2. The lowest BCUT2D eigenvalue weighted by molar-refractivity contribution is -0.114. The average molecular weight is 312 g/mol. The summed E-state index contributed by atoms with van der Waals surface area (Å²) in [5.74, 6) is -0.109. The summed E-state index contributed by atoms with van der Waals surface area (Å²) >= 11 is 1.47. The van der Waals surface area contributed by atoms with Crippen LogP contribution in [-0.4, -0.2) is 30.0 Å². The van der Waals surface area contributed by atoms with Gasteiger partial charge in [0.15, 0.2) is 5.13 Å². The van der Waals surface area contributed by atoms with Gasteiger partial charge in [-0.25, -0.2) is 4.98 Å². The Morgan fingerprint density at radius 1 is 1.18 bits per heavy atom. The highest BCUT2D eigenvalue weighted by Crippen LogP contribution is 2.31. The van der Waals surface area contributed by atoms with Crippen LogP contribution in [0.15, 0.2) is 36.7 Å². The topological polar surface area (TPSA) is 58.1 Å². The molecule has 0 spiro atoms. The number of thiazole rings is 1. The number of rotatable bonds is 3. The number of fused-ring (bicyclic) bond motifs is 1.